The van der Waals surface area contributed by atoms with Crippen LogP contribution in [0.3, 0.4) is 0 Å². The smallest absolute Gasteiger partial charge is 0.343 e. The van der Waals surface area contributed by atoms with Gasteiger partial charge in [-0.3, -0.25) is 9.59 Å². The first kappa shape index (κ1) is 15.7. The second-order valence-electron chi connectivity index (χ2n) is 5.53. The zero-order valence-electron chi connectivity index (χ0n) is 13.1. The zero-order chi connectivity index (χ0) is 17.4. The molecule has 0 saturated heterocycles. The maximum absolute atomic E-state index is 12.4. The molecule has 5 nitrogen and oxygen atoms in total. The van der Waals surface area contributed by atoms with Gasteiger partial charge in [0.15, 0.2) is 11.6 Å². The van der Waals surface area contributed by atoms with Crippen LogP contribution in [0.2, 0.25) is 0 Å². The van der Waals surface area contributed by atoms with Gasteiger partial charge in [0.1, 0.15) is 11.5 Å². The van der Waals surface area contributed by atoms with Gasteiger partial charge in [0.2, 0.25) is 0 Å². The molecule has 0 amide bonds. The van der Waals surface area contributed by atoms with Gasteiger partial charge in [-0.25, -0.2) is 4.79 Å². The van der Waals surface area contributed by atoms with E-state index in [9.17, 15) is 19.5 Å². The number of benzene rings is 2. The summed E-state index contributed by atoms with van der Waals surface area (Å²) in [6, 6.07) is 10.8. The molecule has 0 fully saturated rings. The summed E-state index contributed by atoms with van der Waals surface area (Å²) in [4.78, 5) is 36.7. The second-order valence-corrected chi connectivity index (χ2v) is 5.53. The Hall–Kier alpha value is -3.21. The molecule has 0 saturated carbocycles. The third kappa shape index (κ3) is 2.50. The average Bonchev–Trinajstić information content (AvgIpc) is 2.58. The van der Waals surface area contributed by atoms with Crippen molar-refractivity contribution < 1.29 is 24.2 Å². The molecule has 120 valence electrons. The molecule has 2 aromatic carbocycles. The summed E-state index contributed by atoms with van der Waals surface area (Å²) in [5.74, 6) is -1.76. The fourth-order valence-electron chi connectivity index (χ4n) is 2.55. The minimum absolute atomic E-state index is 0.00797. The van der Waals surface area contributed by atoms with Crippen LogP contribution in [-0.4, -0.2) is 22.6 Å². The first-order chi connectivity index (χ1) is 11.4. The number of Topliss-reactive ketones (excluding diaryl/α,β-unsaturated/α-hetero) is 2. The zero-order valence-corrected chi connectivity index (χ0v) is 13.1. The molecule has 0 heterocycles. The molecule has 0 atom stereocenters. The third-order valence-electron chi connectivity index (χ3n) is 4.03. The lowest BCUT2D eigenvalue weighted by atomic mass is 9.85. The van der Waals surface area contributed by atoms with Gasteiger partial charge in [-0.05, 0) is 32.0 Å². The molecule has 0 bridgehead atoms. The lowest BCUT2D eigenvalue weighted by Crippen LogP contribution is -2.20. The standard InChI is InChI=1S/C19H14O5/c1-10-11(2)18(22)16-14(17(10)21)8-13(9-15(16)20)24-19(23)12-6-4-3-5-7-12/h3-9,20H,1-2H3. The number of carbonyl (C=O) groups excluding carboxylic acids is 3. The number of ether oxygens (including phenoxy) is 1. The number of esters is 1. The Kier molecular flexibility index (Phi) is 3.77. The van der Waals surface area contributed by atoms with Crippen molar-refractivity contribution in [2.24, 2.45) is 0 Å². The number of aromatic hydroxyl groups is 1. The number of hydrogen-bond donors (Lipinski definition) is 1. The number of phenols is 1. The number of carbonyl (C=O) groups is 3. The van der Waals surface area contributed by atoms with Gasteiger partial charge in [0, 0.05) is 22.8 Å². The van der Waals surface area contributed by atoms with E-state index in [0.29, 0.717) is 16.7 Å². The molecule has 0 aliphatic heterocycles. The van der Waals surface area contributed by atoms with Gasteiger partial charge in [-0.1, -0.05) is 18.2 Å². The number of fused-ring (bicyclic) bond motifs is 1. The highest BCUT2D eigenvalue weighted by atomic mass is 16.5. The summed E-state index contributed by atoms with van der Waals surface area (Å²) in [6.45, 7) is 3.10. The number of hydrogen-bond acceptors (Lipinski definition) is 5. The summed E-state index contributed by atoms with van der Waals surface area (Å²) in [5.41, 5.74) is 0.945. The normalized spacial score (nSPS) is 13.8. The third-order valence-corrected chi connectivity index (χ3v) is 4.03. The molecule has 2 aromatic rings. The number of rotatable bonds is 2. The highest BCUT2D eigenvalue weighted by Crippen LogP contribution is 2.35. The van der Waals surface area contributed by atoms with Crippen molar-refractivity contribution in [1.29, 1.82) is 0 Å². The molecule has 24 heavy (non-hydrogen) atoms. The molecular weight excluding hydrogens is 308 g/mol. The minimum Gasteiger partial charge on any atom is -0.507 e. The van der Waals surface area contributed by atoms with Crippen LogP contribution >= 0.6 is 0 Å². The summed E-state index contributed by atoms with van der Waals surface area (Å²) >= 11 is 0. The van der Waals surface area contributed by atoms with Crippen molar-refractivity contribution in [2.75, 3.05) is 0 Å². The summed E-state index contributed by atoms with van der Waals surface area (Å²) in [5, 5.41) is 10.1. The highest BCUT2D eigenvalue weighted by molar-refractivity contribution is 6.27. The highest BCUT2D eigenvalue weighted by Gasteiger charge is 2.31. The Morgan fingerprint density at radius 2 is 1.58 bits per heavy atom. The summed E-state index contributed by atoms with van der Waals surface area (Å²) in [7, 11) is 0. The minimum atomic E-state index is -0.618. The maximum Gasteiger partial charge on any atom is 0.343 e. The van der Waals surface area contributed by atoms with Crippen LogP contribution in [0.25, 0.3) is 0 Å². The fraction of sp³-hybridized carbons (Fsp3) is 0.105. The first-order valence-corrected chi connectivity index (χ1v) is 7.31. The fourth-order valence-corrected chi connectivity index (χ4v) is 2.55. The molecule has 1 aliphatic rings. The van der Waals surface area contributed by atoms with Crippen LogP contribution in [0, 0.1) is 0 Å². The molecular formula is C19H14O5. The number of phenolic OH excluding ortho intramolecular Hbond substituents is 1. The van der Waals surface area contributed by atoms with E-state index >= 15 is 0 Å². The van der Waals surface area contributed by atoms with Crippen LogP contribution in [0.1, 0.15) is 44.9 Å². The van der Waals surface area contributed by atoms with Gasteiger partial charge >= 0.3 is 5.97 Å². The Morgan fingerprint density at radius 3 is 2.25 bits per heavy atom. The van der Waals surface area contributed by atoms with Crippen LogP contribution in [0.5, 0.6) is 11.5 Å². The SMILES string of the molecule is CC1=C(C)C(=O)c2c(O)cc(OC(=O)c3ccccc3)cc2C1=O. The van der Waals surface area contributed by atoms with E-state index in [1.807, 2.05) is 0 Å². The van der Waals surface area contributed by atoms with Gasteiger partial charge in [-0.15, -0.1) is 0 Å². The van der Waals surface area contributed by atoms with Crippen LogP contribution < -0.4 is 4.74 Å². The monoisotopic (exact) mass is 322 g/mol. The van der Waals surface area contributed by atoms with E-state index in [1.165, 1.54) is 12.1 Å². The van der Waals surface area contributed by atoms with Crippen LogP contribution in [0.15, 0.2) is 53.6 Å². The molecule has 3 rings (SSSR count). The van der Waals surface area contributed by atoms with Gasteiger partial charge < -0.3 is 9.84 Å². The van der Waals surface area contributed by atoms with Crippen molar-refractivity contribution >= 4 is 17.5 Å². The van der Waals surface area contributed by atoms with Crippen molar-refractivity contribution in [3.63, 3.8) is 0 Å². The van der Waals surface area contributed by atoms with Crippen molar-refractivity contribution in [3.8, 4) is 11.5 Å². The van der Waals surface area contributed by atoms with E-state index in [4.69, 9.17) is 4.74 Å². The molecule has 0 spiro atoms. The predicted molar refractivity (Wildman–Crippen MR) is 86.5 cm³/mol. The van der Waals surface area contributed by atoms with Gasteiger partial charge in [0.05, 0.1) is 11.1 Å². The molecule has 0 aromatic heterocycles. The molecule has 1 aliphatic carbocycles. The number of ketones is 2. The van der Waals surface area contributed by atoms with Gasteiger partial charge in [0.25, 0.3) is 0 Å². The van der Waals surface area contributed by atoms with Crippen molar-refractivity contribution in [2.45, 2.75) is 13.8 Å². The second kappa shape index (κ2) is 5.77. The largest absolute Gasteiger partial charge is 0.507 e. The Balaban J connectivity index is 2.01. The van der Waals surface area contributed by atoms with E-state index in [-0.39, 0.29) is 28.4 Å². The van der Waals surface area contributed by atoms with Crippen LogP contribution in [0.4, 0.5) is 0 Å². The summed E-state index contributed by atoms with van der Waals surface area (Å²) < 4.78 is 5.21. The molecule has 5 heteroatoms. The predicted octanol–water partition coefficient (Wildman–Crippen LogP) is 3.33. The summed E-state index contributed by atoms with van der Waals surface area (Å²) in [6.07, 6.45) is 0. The lowest BCUT2D eigenvalue weighted by molar-refractivity contribution is 0.0733. The number of allylic oxidation sites excluding steroid dienone is 2. The first-order valence-electron chi connectivity index (χ1n) is 7.31. The molecule has 0 unspecified atom stereocenters. The Labute approximate surface area is 138 Å². The Bertz CT molecular complexity index is 907. The van der Waals surface area contributed by atoms with Gasteiger partial charge in [-0.2, -0.15) is 0 Å². The lowest BCUT2D eigenvalue weighted by Gasteiger charge is -2.18. The molecule has 0 radical (unpaired) electrons. The van der Waals surface area contributed by atoms with E-state index in [2.05, 4.69) is 0 Å². The maximum atomic E-state index is 12.4. The average molecular weight is 322 g/mol. The Morgan fingerprint density at radius 1 is 0.958 bits per heavy atom. The molecule has 1 N–H and O–H groups in total. The quantitative estimate of drug-likeness (QED) is 0.677. The van der Waals surface area contributed by atoms with E-state index in [0.717, 1.165) is 0 Å². The van der Waals surface area contributed by atoms with E-state index < -0.39 is 11.8 Å². The van der Waals surface area contributed by atoms with E-state index in [1.54, 1.807) is 44.2 Å². The van der Waals surface area contributed by atoms with Crippen LogP contribution in [-0.2, 0) is 0 Å². The van der Waals surface area contributed by atoms with Crippen molar-refractivity contribution in [3.05, 3.63) is 70.3 Å². The topological polar surface area (TPSA) is 80.7 Å². The van der Waals surface area contributed by atoms with Crippen molar-refractivity contribution in [1.82, 2.24) is 0 Å².